The zero-order valence-electron chi connectivity index (χ0n) is 6.69. The summed E-state index contributed by atoms with van der Waals surface area (Å²) in [5.41, 5.74) is 7.76. The van der Waals surface area contributed by atoms with Gasteiger partial charge in [-0.15, -0.1) is 0 Å². The topological polar surface area (TPSA) is 144 Å². The van der Waals surface area contributed by atoms with Crippen molar-refractivity contribution < 1.29 is 24.6 Å². The van der Waals surface area contributed by atoms with E-state index in [1.54, 1.807) is 0 Å². The number of carboxylic acids is 2. The molecule has 1 atom stereocenters. The van der Waals surface area contributed by atoms with Crippen molar-refractivity contribution in [3.05, 3.63) is 0 Å². The van der Waals surface area contributed by atoms with Gasteiger partial charge in [-0.25, -0.2) is 0 Å². The first-order valence-electron chi connectivity index (χ1n) is 3.30. The van der Waals surface area contributed by atoms with Crippen molar-refractivity contribution >= 4 is 17.8 Å². The van der Waals surface area contributed by atoms with Gasteiger partial charge in [-0.3, -0.25) is 14.4 Å². The summed E-state index contributed by atoms with van der Waals surface area (Å²) < 4.78 is 0. The standard InChI is InChI=1S/C6H10N2O5/c7-3(9)1-6(8,5(12)13)2-4(10)11/h1-2,8H2,(H2,7,9)(H,10,11)(H,12,13). The number of aliphatic carboxylic acids is 2. The largest absolute Gasteiger partial charge is 0.481 e. The van der Waals surface area contributed by atoms with Crippen molar-refractivity contribution in [3.63, 3.8) is 0 Å². The molecule has 7 heteroatoms. The number of rotatable bonds is 5. The lowest BCUT2D eigenvalue weighted by Gasteiger charge is -2.20. The van der Waals surface area contributed by atoms with E-state index in [1.807, 2.05) is 0 Å². The van der Waals surface area contributed by atoms with Crippen LogP contribution < -0.4 is 11.5 Å². The molecule has 0 radical (unpaired) electrons. The van der Waals surface area contributed by atoms with Crippen LogP contribution in [0.1, 0.15) is 12.8 Å². The van der Waals surface area contributed by atoms with Gasteiger partial charge in [0, 0.05) is 0 Å². The minimum absolute atomic E-state index is 0.700. The smallest absolute Gasteiger partial charge is 0.324 e. The minimum atomic E-state index is -2.11. The number of nitrogens with two attached hydrogens (primary N) is 2. The summed E-state index contributed by atoms with van der Waals surface area (Å²) in [5.74, 6) is -3.91. The summed E-state index contributed by atoms with van der Waals surface area (Å²) in [6.45, 7) is 0. The minimum Gasteiger partial charge on any atom is -0.481 e. The van der Waals surface area contributed by atoms with Crippen molar-refractivity contribution in [3.8, 4) is 0 Å². The molecule has 6 N–H and O–H groups in total. The molecule has 0 aliphatic carbocycles. The van der Waals surface area contributed by atoms with Crippen LogP contribution in [-0.4, -0.2) is 33.6 Å². The van der Waals surface area contributed by atoms with E-state index >= 15 is 0 Å². The van der Waals surface area contributed by atoms with Gasteiger partial charge in [-0.05, 0) is 0 Å². The Morgan fingerprint density at radius 2 is 1.62 bits per heavy atom. The maximum atomic E-state index is 10.5. The highest BCUT2D eigenvalue weighted by Gasteiger charge is 2.38. The van der Waals surface area contributed by atoms with Crippen LogP contribution >= 0.6 is 0 Å². The third-order valence-corrected chi connectivity index (χ3v) is 1.38. The Labute approximate surface area is 73.3 Å². The maximum Gasteiger partial charge on any atom is 0.324 e. The molecule has 0 aliphatic rings. The molecule has 0 aromatic heterocycles. The first-order valence-corrected chi connectivity index (χ1v) is 3.30. The molecule has 74 valence electrons. The summed E-state index contributed by atoms with van der Waals surface area (Å²) >= 11 is 0. The van der Waals surface area contributed by atoms with Gasteiger partial charge in [0.15, 0.2) is 0 Å². The molecule has 0 heterocycles. The summed E-state index contributed by atoms with van der Waals surface area (Å²) in [6.07, 6.45) is -1.54. The highest BCUT2D eigenvalue weighted by atomic mass is 16.4. The molecule has 0 spiro atoms. The van der Waals surface area contributed by atoms with E-state index in [1.165, 1.54) is 0 Å². The van der Waals surface area contributed by atoms with Gasteiger partial charge in [0.1, 0.15) is 5.54 Å². The van der Waals surface area contributed by atoms with Crippen LogP contribution in [0.4, 0.5) is 0 Å². The van der Waals surface area contributed by atoms with Crippen LogP contribution in [0.15, 0.2) is 0 Å². The summed E-state index contributed by atoms with van der Waals surface area (Å²) in [4.78, 5) is 31.1. The fraction of sp³-hybridized carbons (Fsp3) is 0.500. The van der Waals surface area contributed by atoms with Crippen molar-refractivity contribution in [1.82, 2.24) is 0 Å². The van der Waals surface area contributed by atoms with E-state index in [-0.39, 0.29) is 0 Å². The Morgan fingerprint density at radius 1 is 1.15 bits per heavy atom. The maximum absolute atomic E-state index is 10.5. The predicted octanol–water partition coefficient (Wildman–Crippen LogP) is -1.88. The molecule has 7 nitrogen and oxygen atoms in total. The van der Waals surface area contributed by atoms with Crippen LogP contribution in [0.5, 0.6) is 0 Å². The summed E-state index contributed by atoms with van der Waals surface area (Å²) in [5, 5.41) is 16.8. The van der Waals surface area contributed by atoms with Crippen LogP contribution in [0, 0.1) is 0 Å². The van der Waals surface area contributed by atoms with E-state index in [4.69, 9.17) is 21.7 Å². The fourth-order valence-electron chi connectivity index (χ4n) is 0.794. The predicted molar refractivity (Wildman–Crippen MR) is 40.6 cm³/mol. The Balaban J connectivity index is 4.62. The quantitative estimate of drug-likeness (QED) is 0.399. The molecule has 0 bridgehead atoms. The Hall–Kier alpha value is -1.63. The van der Waals surface area contributed by atoms with Gasteiger partial charge in [-0.1, -0.05) is 0 Å². The second-order valence-electron chi connectivity index (χ2n) is 2.67. The number of carboxylic acid groups (broad SMARTS) is 2. The Kier molecular flexibility index (Phi) is 3.37. The molecule has 1 amide bonds. The zero-order chi connectivity index (χ0) is 10.6. The molecule has 0 saturated heterocycles. The lowest BCUT2D eigenvalue weighted by molar-refractivity contribution is -0.151. The highest BCUT2D eigenvalue weighted by Crippen LogP contribution is 2.11. The number of primary amides is 1. The number of hydrogen-bond donors (Lipinski definition) is 4. The second kappa shape index (κ2) is 3.85. The lowest BCUT2D eigenvalue weighted by Crippen LogP contribution is -2.52. The van der Waals surface area contributed by atoms with E-state index < -0.39 is 36.2 Å². The van der Waals surface area contributed by atoms with Gasteiger partial charge >= 0.3 is 11.9 Å². The average Bonchev–Trinajstić information content (AvgIpc) is 1.82. The summed E-state index contributed by atoms with van der Waals surface area (Å²) in [6, 6.07) is 0. The molecule has 0 fully saturated rings. The normalized spacial score (nSPS) is 14.5. The van der Waals surface area contributed by atoms with Crippen LogP contribution in [0.3, 0.4) is 0 Å². The Bertz CT molecular complexity index is 233. The van der Waals surface area contributed by atoms with Crippen molar-refractivity contribution in [1.29, 1.82) is 0 Å². The van der Waals surface area contributed by atoms with Gasteiger partial charge in [0.25, 0.3) is 0 Å². The number of amides is 1. The van der Waals surface area contributed by atoms with Gasteiger partial charge in [0.2, 0.25) is 5.91 Å². The number of carbonyl (C=O) groups excluding carboxylic acids is 1. The summed E-state index contributed by atoms with van der Waals surface area (Å²) in [7, 11) is 0. The zero-order valence-corrected chi connectivity index (χ0v) is 6.69. The molecule has 0 aromatic rings. The number of hydrogen-bond acceptors (Lipinski definition) is 4. The highest BCUT2D eigenvalue weighted by molar-refractivity contribution is 5.90. The molecule has 0 aliphatic heterocycles. The third kappa shape index (κ3) is 3.52. The molecule has 0 aromatic carbocycles. The van der Waals surface area contributed by atoms with Crippen molar-refractivity contribution in [2.24, 2.45) is 11.5 Å². The molecule has 1 unspecified atom stereocenters. The van der Waals surface area contributed by atoms with E-state index in [0.29, 0.717) is 0 Å². The van der Waals surface area contributed by atoms with Gasteiger partial charge in [-0.2, -0.15) is 0 Å². The lowest BCUT2D eigenvalue weighted by atomic mass is 9.92. The first-order chi connectivity index (χ1) is 5.78. The third-order valence-electron chi connectivity index (χ3n) is 1.38. The number of carbonyl (C=O) groups is 3. The van der Waals surface area contributed by atoms with Gasteiger partial charge in [0.05, 0.1) is 12.8 Å². The van der Waals surface area contributed by atoms with Crippen molar-refractivity contribution in [2.45, 2.75) is 18.4 Å². The fourth-order valence-corrected chi connectivity index (χ4v) is 0.794. The van der Waals surface area contributed by atoms with E-state index in [2.05, 4.69) is 0 Å². The van der Waals surface area contributed by atoms with Crippen LogP contribution in [-0.2, 0) is 14.4 Å². The second-order valence-corrected chi connectivity index (χ2v) is 2.67. The molecular weight excluding hydrogens is 180 g/mol. The van der Waals surface area contributed by atoms with Crippen LogP contribution in [0.25, 0.3) is 0 Å². The molecule has 13 heavy (non-hydrogen) atoms. The van der Waals surface area contributed by atoms with E-state index in [9.17, 15) is 14.4 Å². The molecule has 0 saturated carbocycles. The van der Waals surface area contributed by atoms with Gasteiger partial charge < -0.3 is 21.7 Å². The molecule has 0 rings (SSSR count). The Morgan fingerprint density at radius 3 is 1.85 bits per heavy atom. The SMILES string of the molecule is NC(=O)CC(N)(CC(=O)O)C(=O)O. The first kappa shape index (κ1) is 11.4. The van der Waals surface area contributed by atoms with Crippen molar-refractivity contribution in [2.75, 3.05) is 0 Å². The van der Waals surface area contributed by atoms with Crippen LogP contribution in [0.2, 0.25) is 0 Å². The average molecular weight is 190 g/mol. The molecular formula is C6H10N2O5. The monoisotopic (exact) mass is 190 g/mol. The van der Waals surface area contributed by atoms with E-state index in [0.717, 1.165) is 0 Å².